The summed E-state index contributed by atoms with van der Waals surface area (Å²) in [6, 6.07) is 13.6. The van der Waals surface area contributed by atoms with Crippen LogP contribution in [-0.4, -0.2) is 60.5 Å². The number of pyridine rings is 2. The molecule has 3 atom stereocenters. The summed E-state index contributed by atoms with van der Waals surface area (Å²) in [6.45, 7) is -0.209. The molecule has 6 rings (SSSR count). The molecule has 2 fully saturated rings. The summed E-state index contributed by atoms with van der Waals surface area (Å²) in [5.74, 6) is -0.712. The molecule has 1 aliphatic carbocycles. The first-order valence-electron chi connectivity index (χ1n) is 13.3. The summed E-state index contributed by atoms with van der Waals surface area (Å²) >= 11 is 5.96. The van der Waals surface area contributed by atoms with E-state index in [1.54, 1.807) is 65.7 Å². The summed E-state index contributed by atoms with van der Waals surface area (Å²) in [5.41, 5.74) is 6.42. The molecule has 214 valence electrons. The average Bonchev–Trinajstić information content (AvgIpc) is 3.67. The quantitative estimate of drug-likeness (QED) is 0.240. The van der Waals surface area contributed by atoms with Crippen molar-refractivity contribution in [3.05, 3.63) is 71.6 Å². The number of halogens is 1. The average molecular weight is 588 g/mol. The number of fused-ring (bicyclic) bond motifs is 3. The van der Waals surface area contributed by atoms with E-state index in [2.05, 4.69) is 31.0 Å². The van der Waals surface area contributed by atoms with E-state index in [0.717, 1.165) is 19.3 Å². The highest BCUT2D eigenvalue weighted by molar-refractivity contribution is 6.29. The van der Waals surface area contributed by atoms with E-state index in [4.69, 9.17) is 17.3 Å². The Morgan fingerprint density at radius 2 is 1.81 bits per heavy atom. The minimum Gasteiger partial charge on any atom is -0.364 e. The zero-order valence-corrected chi connectivity index (χ0v) is 22.9. The van der Waals surface area contributed by atoms with Crippen LogP contribution in [0.4, 0.5) is 22.1 Å². The molecule has 4 heterocycles. The molecule has 5 amide bonds. The molecule has 2 bridgehead atoms. The number of hydrogen-bond acceptors (Lipinski definition) is 7. The number of rotatable bonds is 7. The number of primary amides is 1. The number of carbonyl (C=O) groups is 4. The highest BCUT2D eigenvalue weighted by Crippen LogP contribution is 2.43. The Balaban J connectivity index is 1.22. The smallest absolute Gasteiger partial charge is 0.324 e. The fourth-order valence-corrected chi connectivity index (χ4v) is 6.01. The molecule has 13 nitrogen and oxygen atoms in total. The first kappa shape index (κ1) is 27.1. The Kier molecular flexibility index (Phi) is 7.17. The van der Waals surface area contributed by atoms with E-state index in [1.807, 2.05) is 0 Å². The Bertz CT molecular complexity index is 1710. The molecule has 5 N–H and O–H groups in total. The van der Waals surface area contributed by atoms with Crippen molar-refractivity contribution in [2.75, 3.05) is 16.0 Å². The van der Waals surface area contributed by atoms with Crippen LogP contribution < -0.4 is 21.7 Å². The highest BCUT2D eigenvalue weighted by atomic mass is 35.5. The lowest BCUT2D eigenvalue weighted by Crippen LogP contribution is -2.52. The predicted molar refractivity (Wildman–Crippen MR) is 155 cm³/mol. The van der Waals surface area contributed by atoms with Gasteiger partial charge in [0, 0.05) is 23.3 Å². The number of nitrogens with one attached hydrogen (secondary N) is 3. The van der Waals surface area contributed by atoms with Crippen molar-refractivity contribution in [2.24, 2.45) is 11.7 Å². The number of likely N-dealkylation sites (tertiary alicyclic amines) is 1. The normalized spacial score (nSPS) is 19.1. The van der Waals surface area contributed by atoms with Gasteiger partial charge in [0.1, 0.15) is 29.4 Å². The van der Waals surface area contributed by atoms with Crippen LogP contribution in [0.1, 0.15) is 29.8 Å². The first-order chi connectivity index (χ1) is 20.3. The number of nitrogens with two attached hydrogens (primary N) is 1. The second kappa shape index (κ2) is 11.1. The monoisotopic (exact) mass is 587 g/mol. The summed E-state index contributed by atoms with van der Waals surface area (Å²) in [6.07, 6.45) is 3.93. The molecule has 1 saturated carbocycles. The van der Waals surface area contributed by atoms with Crippen LogP contribution in [0.5, 0.6) is 0 Å². The van der Waals surface area contributed by atoms with E-state index in [1.165, 1.54) is 4.68 Å². The molecular weight excluding hydrogens is 562 g/mol. The van der Waals surface area contributed by atoms with Crippen molar-refractivity contribution in [2.45, 2.75) is 37.9 Å². The number of hydrogen-bond donors (Lipinski definition) is 4. The summed E-state index contributed by atoms with van der Waals surface area (Å²) in [5, 5.41) is 13.0. The van der Waals surface area contributed by atoms with Gasteiger partial charge in [-0.05, 0) is 67.6 Å². The van der Waals surface area contributed by atoms with Crippen LogP contribution in [-0.2, 0) is 16.1 Å². The van der Waals surface area contributed by atoms with Crippen molar-refractivity contribution in [1.29, 1.82) is 0 Å². The number of nitrogens with zero attached hydrogens (tertiary/aromatic N) is 5. The number of benzene rings is 1. The largest absolute Gasteiger partial charge is 0.364 e. The first-order valence-corrected chi connectivity index (χ1v) is 13.7. The van der Waals surface area contributed by atoms with Crippen molar-refractivity contribution in [3.63, 3.8) is 0 Å². The van der Waals surface area contributed by atoms with E-state index >= 15 is 0 Å². The number of aromatic nitrogens is 4. The minimum absolute atomic E-state index is 0.0274. The standard InChI is InChI=1S/C28H26ClN9O4/c29-20-4-3-6-22(33-20)34-27(41)25-15-7-9-17(12-15)38(25)23(39)14-37-19-10-8-16(13-18(19)24(36-37)26(30)40)32-28(42)35-21-5-1-2-11-31-21/h1-6,8,10-11,13,15,17,25H,7,9,12,14H2,(H2,30,40)(H,33,34,41)(H2,31,32,35,42)/t15-,17+,25-/m0/s1. The van der Waals surface area contributed by atoms with Gasteiger partial charge >= 0.3 is 6.03 Å². The number of carbonyl (C=O) groups excluding carboxylic acids is 4. The molecule has 42 heavy (non-hydrogen) atoms. The highest BCUT2D eigenvalue weighted by Gasteiger charge is 2.51. The number of anilines is 3. The maximum Gasteiger partial charge on any atom is 0.324 e. The fourth-order valence-electron chi connectivity index (χ4n) is 5.85. The summed E-state index contributed by atoms with van der Waals surface area (Å²) < 4.78 is 1.40. The number of urea groups is 1. The van der Waals surface area contributed by atoms with Crippen LogP contribution in [0.3, 0.4) is 0 Å². The van der Waals surface area contributed by atoms with Crippen LogP contribution in [0.15, 0.2) is 60.8 Å². The topological polar surface area (TPSA) is 177 Å². The zero-order chi connectivity index (χ0) is 29.4. The molecule has 1 saturated heterocycles. The lowest BCUT2D eigenvalue weighted by Gasteiger charge is -2.34. The zero-order valence-electron chi connectivity index (χ0n) is 22.2. The molecule has 0 unspecified atom stereocenters. The third kappa shape index (κ3) is 5.33. The van der Waals surface area contributed by atoms with Crippen molar-refractivity contribution >= 4 is 63.6 Å². The molecular formula is C28H26ClN9O4. The van der Waals surface area contributed by atoms with Crippen molar-refractivity contribution in [3.8, 4) is 0 Å². The molecule has 2 aliphatic rings. The van der Waals surface area contributed by atoms with Gasteiger partial charge in [0.2, 0.25) is 11.8 Å². The lowest BCUT2D eigenvalue weighted by molar-refractivity contribution is -0.141. The van der Waals surface area contributed by atoms with Gasteiger partial charge in [-0.25, -0.2) is 14.8 Å². The van der Waals surface area contributed by atoms with Gasteiger partial charge in [-0.1, -0.05) is 23.7 Å². The molecule has 14 heteroatoms. The Labute approximate surface area is 244 Å². The van der Waals surface area contributed by atoms with E-state index in [9.17, 15) is 19.2 Å². The predicted octanol–water partition coefficient (Wildman–Crippen LogP) is 3.24. The summed E-state index contributed by atoms with van der Waals surface area (Å²) in [4.78, 5) is 61.5. The van der Waals surface area contributed by atoms with Gasteiger partial charge in [-0.15, -0.1) is 0 Å². The van der Waals surface area contributed by atoms with Gasteiger partial charge < -0.3 is 21.3 Å². The maximum absolute atomic E-state index is 13.7. The third-order valence-electron chi connectivity index (χ3n) is 7.54. The van der Waals surface area contributed by atoms with E-state index in [0.29, 0.717) is 28.2 Å². The molecule has 1 aromatic carbocycles. The molecule has 0 spiro atoms. The maximum atomic E-state index is 13.7. The SMILES string of the molecule is NC(=O)c1nn(CC(=O)N2[C@@H]3CC[C@@H](C3)[C@H]2C(=O)Nc2cccc(Cl)n2)c2ccc(NC(=O)Nc3ccccn3)cc12. The van der Waals surface area contributed by atoms with Gasteiger partial charge in [-0.2, -0.15) is 5.10 Å². The molecule has 0 radical (unpaired) electrons. The number of piperidine rings is 1. The summed E-state index contributed by atoms with van der Waals surface area (Å²) in [7, 11) is 0. The van der Waals surface area contributed by atoms with Crippen molar-refractivity contribution in [1.82, 2.24) is 24.6 Å². The Hall–Kier alpha value is -5.04. The Morgan fingerprint density at radius 3 is 2.57 bits per heavy atom. The van der Waals surface area contributed by atoms with Crippen LogP contribution >= 0.6 is 11.6 Å². The minimum atomic E-state index is -0.784. The number of amides is 5. The van der Waals surface area contributed by atoms with Gasteiger partial charge in [0.25, 0.3) is 5.91 Å². The van der Waals surface area contributed by atoms with Crippen LogP contribution in [0.25, 0.3) is 10.9 Å². The van der Waals surface area contributed by atoms with Crippen molar-refractivity contribution < 1.29 is 19.2 Å². The lowest BCUT2D eigenvalue weighted by atomic mass is 9.97. The third-order valence-corrected chi connectivity index (χ3v) is 7.75. The second-order valence-electron chi connectivity index (χ2n) is 10.2. The molecule has 4 aromatic rings. The van der Waals surface area contributed by atoms with E-state index in [-0.39, 0.29) is 41.2 Å². The van der Waals surface area contributed by atoms with Gasteiger partial charge in [0.05, 0.1) is 5.52 Å². The second-order valence-corrected chi connectivity index (χ2v) is 10.6. The van der Waals surface area contributed by atoms with Gasteiger partial charge in [-0.3, -0.25) is 24.4 Å². The van der Waals surface area contributed by atoms with Crippen LogP contribution in [0.2, 0.25) is 5.15 Å². The van der Waals surface area contributed by atoms with Gasteiger partial charge in [0.15, 0.2) is 5.69 Å². The Morgan fingerprint density at radius 1 is 0.976 bits per heavy atom. The van der Waals surface area contributed by atoms with Crippen LogP contribution in [0, 0.1) is 5.92 Å². The molecule has 3 aromatic heterocycles. The molecule has 1 aliphatic heterocycles. The van der Waals surface area contributed by atoms with E-state index < -0.39 is 18.0 Å². The fraction of sp³-hybridized carbons (Fsp3) is 0.250.